The summed E-state index contributed by atoms with van der Waals surface area (Å²) in [6, 6.07) is 10.0. The number of aromatic nitrogens is 2. The molecule has 0 bridgehead atoms. The van der Waals surface area contributed by atoms with E-state index in [0.29, 0.717) is 5.56 Å². The number of imidazole rings is 1. The van der Waals surface area contributed by atoms with E-state index in [-0.39, 0.29) is 23.6 Å². The van der Waals surface area contributed by atoms with Crippen molar-refractivity contribution in [3.05, 3.63) is 83.2 Å². The number of carbonyl (C=O) groups excluding carboxylic acids is 1. The van der Waals surface area contributed by atoms with E-state index >= 15 is 0 Å². The van der Waals surface area contributed by atoms with Crippen molar-refractivity contribution in [1.29, 1.82) is 0 Å². The Hall–Kier alpha value is -2.59. The first-order chi connectivity index (χ1) is 14.7. The fourth-order valence-electron chi connectivity index (χ4n) is 3.67. The highest BCUT2D eigenvalue weighted by Crippen LogP contribution is 2.30. The van der Waals surface area contributed by atoms with E-state index < -0.39 is 28.1 Å². The summed E-state index contributed by atoms with van der Waals surface area (Å²) in [5.74, 6) is -0.858. The molecule has 0 spiro atoms. The van der Waals surface area contributed by atoms with Crippen molar-refractivity contribution in [3.8, 4) is 5.69 Å². The fraction of sp³-hybridized carbons (Fsp3) is 0.238. The zero-order valence-corrected chi connectivity index (χ0v) is 18.1. The highest BCUT2D eigenvalue weighted by molar-refractivity contribution is 7.87. The lowest BCUT2D eigenvalue weighted by atomic mass is 9.94. The van der Waals surface area contributed by atoms with Crippen LogP contribution in [0.1, 0.15) is 23.6 Å². The Morgan fingerprint density at radius 1 is 1.29 bits per heavy atom. The number of nitrogens with zero attached hydrogens (tertiary/aromatic N) is 3. The minimum Gasteiger partial charge on any atom is -0.306 e. The van der Waals surface area contributed by atoms with Crippen LogP contribution in [0, 0.1) is 5.82 Å². The van der Waals surface area contributed by atoms with Crippen LogP contribution < -0.4 is 4.72 Å². The maximum Gasteiger partial charge on any atom is 0.280 e. The Morgan fingerprint density at radius 3 is 2.81 bits per heavy atom. The molecular formula is C21H20ClFN4O3S. The molecule has 0 aliphatic carbocycles. The van der Waals surface area contributed by atoms with Gasteiger partial charge in [0.15, 0.2) is 5.78 Å². The van der Waals surface area contributed by atoms with Crippen LogP contribution >= 0.6 is 11.6 Å². The molecule has 1 aliphatic heterocycles. The van der Waals surface area contributed by atoms with E-state index in [0.717, 1.165) is 15.6 Å². The van der Waals surface area contributed by atoms with Crippen LogP contribution in [0.25, 0.3) is 5.69 Å². The maximum absolute atomic E-state index is 13.4. The standard InChI is InChI=1S/C21H20ClFN4O3S/c1-26-20(21(28)10-14-5-6-18(23)17(22)9-14)12-19(25-31(26,29)30)15-3-2-4-16(11-15)27-8-7-24-13-27/h2-9,11,13,19-20,25H,10,12H2,1H3/t19-,20+/m1/s1. The second kappa shape index (κ2) is 8.51. The average Bonchev–Trinajstić information content (AvgIpc) is 3.27. The Kier molecular flexibility index (Phi) is 5.94. The van der Waals surface area contributed by atoms with E-state index in [1.165, 1.54) is 25.2 Å². The summed E-state index contributed by atoms with van der Waals surface area (Å²) in [5, 5.41) is -0.0780. The van der Waals surface area contributed by atoms with Crippen molar-refractivity contribution in [2.45, 2.75) is 24.9 Å². The molecule has 2 heterocycles. The molecule has 0 saturated carbocycles. The van der Waals surface area contributed by atoms with E-state index in [9.17, 15) is 17.6 Å². The summed E-state index contributed by atoms with van der Waals surface area (Å²) in [6.45, 7) is 0. The van der Waals surface area contributed by atoms with Gasteiger partial charge in [0, 0.05) is 37.6 Å². The van der Waals surface area contributed by atoms with Crippen LogP contribution in [-0.4, -0.2) is 41.1 Å². The van der Waals surface area contributed by atoms with Gasteiger partial charge < -0.3 is 4.57 Å². The van der Waals surface area contributed by atoms with Crippen LogP contribution in [0.15, 0.2) is 61.2 Å². The number of nitrogens with one attached hydrogen (secondary N) is 1. The Morgan fingerprint density at radius 2 is 2.10 bits per heavy atom. The van der Waals surface area contributed by atoms with Gasteiger partial charge >= 0.3 is 0 Å². The number of ketones is 1. The number of hydrogen-bond acceptors (Lipinski definition) is 4. The fourth-order valence-corrected chi connectivity index (χ4v) is 5.17. The molecule has 4 rings (SSSR count). The topological polar surface area (TPSA) is 84.3 Å². The average molecular weight is 463 g/mol. The third kappa shape index (κ3) is 4.54. The number of benzene rings is 2. The predicted molar refractivity (Wildman–Crippen MR) is 115 cm³/mol. The van der Waals surface area contributed by atoms with E-state index in [2.05, 4.69) is 9.71 Å². The van der Waals surface area contributed by atoms with Crippen molar-refractivity contribution in [1.82, 2.24) is 18.6 Å². The van der Waals surface area contributed by atoms with E-state index in [4.69, 9.17) is 11.6 Å². The Balaban J connectivity index is 1.60. The first-order valence-corrected chi connectivity index (χ1v) is 11.4. The molecule has 0 unspecified atom stereocenters. The monoisotopic (exact) mass is 462 g/mol. The number of carbonyl (C=O) groups is 1. The minimum atomic E-state index is -3.87. The molecule has 2 aromatic carbocycles. The second-order valence-electron chi connectivity index (χ2n) is 7.40. The molecule has 1 aromatic heterocycles. The molecule has 162 valence electrons. The molecule has 7 nitrogen and oxygen atoms in total. The SMILES string of the molecule is CN1[C@H](C(=O)Cc2ccc(F)c(Cl)c2)C[C@H](c2cccc(-n3ccnc3)c2)NS1(=O)=O. The number of likely N-dealkylation sites (N-methyl/N-ethyl adjacent to an activating group) is 1. The van der Waals surface area contributed by atoms with Crippen molar-refractivity contribution in [2.75, 3.05) is 7.05 Å². The van der Waals surface area contributed by atoms with E-state index in [1.54, 1.807) is 18.7 Å². The highest BCUT2D eigenvalue weighted by atomic mass is 35.5. The van der Waals surface area contributed by atoms with Crippen molar-refractivity contribution < 1.29 is 17.6 Å². The van der Waals surface area contributed by atoms with Crippen LogP contribution in [0.3, 0.4) is 0 Å². The molecule has 2 atom stereocenters. The molecule has 31 heavy (non-hydrogen) atoms. The van der Waals surface area contributed by atoms with Gasteiger partial charge in [-0.25, -0.2) is 9.37 Å². The van der Waals surface area contributed by atoms with Crippen LogP contribution in [0.5, 0.6) is 0 Å². The first kappa shape index (κ1) is 21.6. The maximum atomic E-state index is 13.4. The van der Waals surface area contributed by atoms with Gasteiger partial charge in [-0.05, 0) is 41.8 Å². The van der Waals surface area contributed by atoms with Gasteiger partial charge in [0.1, 0.15) is 5.82 Å². The molecule has 1 N–H and O–H groups in total. The second-order valence-corrected chi connectivity index (χ2v) is 9.57. The van der Waals surface area contributed by atoms with Crippen LogP contribution in [-0.2, 0) is 21.4 Å². The molecule has 1 aliphatic rings. The largest absolute Gasteiger partial charge is 0.306 e. The quantitative estimate of drug-likeness (QED) is 0.631. The summed E-state index contributed by atoms with van der Waals surface area (Å²) in [5.41, 5.74) is 2.10. The van der Waals surface area contributed by atoms with Crippen molar-refractivity contribution in [3.63, 3.8) is 0 Å². The molecule has 1 fully saturated rings. The molecular weight excluding hydrogens is 443 g/mol. The zero-order valence-electron chi connectivity index (χ0n) is 16.6. The molecule has 0 radical (unpaired) electrons. The normalized spacial score (nSPS) is 21.1. The zero-order chi connectivity index (χ0) is 22.2. The van der Waals surface area contributed by atoms with Gasteiger partial charge in [-0.2, -0.15) is 17.4 Å². The first-order valence-electron chi connectivity index (χ1n) is 9.55. The van der Waals surface area contributed by atoms with Gasteiger partial charge in [0.2, 0.25) is 0 Å². The number of Topliss-reactive ketones (excluding diaryl/α,β-unsaturated/α-hetero) is 1. The van der Waals surface area contributed by atoms with Gasteiger partial charge in [0.05, 0.1) is 17.4 Å². The summed E-state index contributed by atoms with van der Waals surface area (Å²) in [7, 11) is -2.49. The van der Waals surface area contributed by atoms with Gasteiger partial charge in [-0.3, -0.25) is 4.79 Å². The van der Waals surface area contributed by atoms with Crippen molar-refractivity contribution >= 4 is 27.6 Å². The molecule has 10 heteroatoms. The van der Waals surface area contributed by atoms with Gasteiger partial charge in [-0.1, -0.05) is 29.8 Å². The van der Waals surface area contributed by atoms with Gasteiger partial charge in [-0.15, -0.1) is 0 Å². The Bertz CT molecular complexity index is 1220. The van der Waals surface area contributed by atoms with Crippen LogP contribution in [0.2, 0.25) is 5.02 Å². The Labute approximate surface area is 184 Å². The summed E-state index contributed by atoms with van der Waals surface area (Å²) < 4.78 is 44.4. The molecule has 3 aromatic rings. The smallest absolute Gasteiger partial charge is 0.280 e. The number of hydrogen-bond donors (Lipinski definition) is 1. The lowest BCUT2D eigenvalue weighted by Gasteiger charge is -2.36. The summed E-state index contributed by atoms with van der Waals surface area (Å²) in [4.78, 5) is 17.0. The van der Waals surface area contributed by atoms with E-state index in [1.807, 2.05) is 28.8 Å². The molecule has 0 amide bonds. The summed E-state index contributed by atoms with van der Waals surface area (Å²) in [6.07, 6.45) is 5.31. The van der Waals surface area contributed by atoms with Crippen LogP contribution in [0.4, 0.5) is 4.39 Å². The third-order valence-corrected chi connectivity index (χ3v) is 7.26. The van der Waals surface area contributed by atoms with Gasteiger partial charge in [0.25, 0.3) is 10.2 Å². The predicted octanol–water partition coefficient (Wildman–Crippen LogP) is 3.06. The minimum absolute atomic E-state index is 0.0493. The third-order valence-electron chi connectivity index (χ3n) is 5.38. The lowest BCUT2D eigenvalue weighted by molar-refractivity contribution is -0.122. The highest BCUT2D eigenvalue weighted by Gasteiger charge is 2.40. The molecule has 1 saturated heterocycles. The number of halogens is 2. The lowest BCUT2D eigenvalue weighted by Crippen LogP contribution is -2.55. The van der Waals surface area contributed by atoms with Crippen molar-refractivity contribution in [2.24, 2.45) is 0 Å². The number of rotatable bonds is 5. The summed E-state index contributed by atoms with van der Waals surface area (Å²) >= 11 is 5.81.